The predicted molar refractivity (Wildman–Crippen MR) is 52.7 cm³/mol. The molecule has 1 rings (SSSR count). The number of rotatable bonds is 4. The molecule has 0 heterocycles. The molecule has 0 fully saturated rings. The molecule has 16 heavy (non-hydrogen) atoms. The molecule has 88 valence electrons. The summed E-state index contributed by atoms with van der Waals surface area (Å²) in [5.74, 6) is -4.51. The summed E-state index contributed by atoms with van der Waals surface area (Å²) < 4.78 is 38.1. The molecule has 6 heteroatoms. The van der Waals surface area contributed by atoms with Crippen LogP contribution in [0.5, 0.6) is 0 Å². The maximum absolute atomic E-state index is 12.7. The van der Waals surface area contributed by atoms with Crippen LogP contribution in [0.3, 0.4) is 0 Å². The van der Waals surface area contributed by atoms with E-state index in [1.807, 2.05) is 5.32 Å². The maximum Gasteiger partial charge on any atom is 0.277 e. The van der Waals surface area contributed by atoms with Crippen molar-refractivity contribution in [2.45, 2.75) is 5.92 Å². The number of hydrogen-bond donors (Lipinski definition) is 2. The molecule has 3 N–H and O–H groups in total. The lowest BCUT2D eigenvalue weighted by molar-refractivity contribution is 0.0118. The summed E-state index contributed by atoms with van der Waals surface area (Å²) >= 11 is 0. The molecule has 0 atom stereocenters. The van der Waals surface area contributed by atoms with E-state index in [4.69, 9.17) is 5.73 Å². The number of nitrogens with one attached hydrogen (secondary N) is 1. The van der Waals surface area contributed by atoms with E-state index in [-0.39, 0.29) is 5.56 Å². The van der Waals surface area contributed by atoms with Crippen molar-refractivity contribution in [2.24, 2.45) is 5.73 Å². The van der Waals surface area contributed by atoms with E-state index in [1.165, 1.54) is 12.1 Å². The topological polar surface area (TPSA) is 55.1 Å². The van der Waals surface area contributed by atoms with E-state index in [1.54, 1.807) is 0 Å². The minimum atomic E-state index is -3.15. The van der Waals surface area contributed by atoms with E-state index < -0.39 is 30.7 Å². The van der Waals surface area contributed by atoms with Gasteiger partial charge in [0.1, 0.15) is 5.82 Å². The average molecular weight is 232 g/mol. The summed E-state index contributed by atoms with van der Waals surface area (Å²) in [6, 6.07) is 4.78. The first-order valence-electron chi connectivity index (χ1n) is 4.56. The van der Waals surface area contributed by atoms with Gasteiger partial charge in [0, 0.05) is 5.56 Å². The molecule has 0 bridgehead atoms. The molecule has 1 aromatic carbocycles. The Morgan fingerprint density at radius 1 is 1.44 bits per heavy atom. The molecule has 0 aliphatic heterocycles. The Bertz CT molecular complexity index is 382. The molecule has 1 aromatic rings. The lowest BCUT2D eigenvalue weighted by Gasteiger charge is -2.14. The molecule has 0 saturated carbocycles. The van der Waals surface area contributed by atoms with E-state index in [9.17, 15) is 18.0 Å². The number of nitrogens with two attached hydrogens (primary N) is 1. The zero-order valence-electron chi connectivity index (χ0n) is 8.34. The molecule has 0 spiro atoms. The molecule has 0 aliphatic rings. The Morgan fingerprint density at radius 2 is 2.12 bits per heavy atom. The number of hydrogen-bond acceptors (Lipinski definition) is 2. The van der Waals surface area contributed by atoms with E-state index in [0.717, 1.165) is 12.1 Å². The van der Waals surface area contributed by atoms with E-state index >= 15 is 0 Å². The fraction of sp³-hybridized carbons (Fsp3) is 0.300. The van der Waals surface area contributed by atoms with Crippen molar-refractivity contribution >= 4 is 5.91 Å². The molecule has 3 nitrogen and oxygen atoms in total. The summed E-state index contributed by atoms with van der Waals surface area (Å²) in [6.45, 7) is -1.71. The lowest BCUT2D eigenvalue weighted by atomic mass is 10.2. The third-order valence-corrected chi connectivity index (χ3v) is 1.89. The molecule has 0 aliphatic carbocycles. The highest BCUT2D eigenvalue weighted by Crippen LogP contribution is 2.09. The highest BCUT2D eigenvalue weighted by atomic mass is 19.3. The van der Waals surface area contributed by atoms with Crippen molar-refractivity contribution in [3.05, 3.63) is 35.6 Å². The van der Waals surface area contributed by atoms with Gasteiger partial charge in [-0.3, -0.25) is 4.79 Å². The van der Waals surface area contributed by atoms with Gasteiger partial charge in [-0.05, 0) is 18.2 Å². The maximum atomic E-state index is 12.7. The quantitative estimate of drug-likeness (QED) is 0.818. The van der Waals surface area contributed by atoms with Gasteiger partial charge >= 0.3 is 0 Å². The van der Waals surface area contributed by atoms with Gasteiger partial charge in [-0.2, -0.15) is 0 Å². The Kier molecular flexibility index (Phi) is 3.89. The number of benzene rings is 1. The lowest BCUT2D eigenvalue weighted by Crippen LogP contribution is -2.41. The number of carbonyl (C=O) groups excluding carboxylic acids is 1. The fourth-order valence-electron chi connectivity index (χ4n) is 1.01. The van der Waals surface area contributed by atoms with Crippen LogP contribution >= 0.6 is 0 Å². The number of carbonyl (C=O) groups is 1. The first kappa shape index (κ1) is 12.5. The van der Waals surface area contributed by atoms with Gasteiger partial charge in [0.05, 0.1) is 13.1 Å². The van der Waals surface area contributed by atoms with Crippen LogP contribution < -0.4 is 11.1 Å². The van der Waals surface area contributed by atoms with Crippen molar-refractivity contribution in [2.75, 3.05) is 13.1 Å². The van der Waals surface area contributed by atoms with Crippen LogP contribution in [0.2, 0.25) is 0 Å². The van der Waals surface area contributed by atoms with Crippen molar-refractivity contribution in [1.29, 1.82) is 0 Å². The first-order valence-corrected chi connectivity index (χ1v) is 4.56. The number of alkyl halides is 2. The normalized spacial score (nSPS) is 11.2. The third kappa shape index (κ3) is 3.54. The zero-order chi connectivity index (χ0) is 12.2. The average Bonchev–Trinajstić information content (AvgIpc) is 2.26. The SMILES string of the molecule is NCC(F)(F)CNC(=O)c1cccc(F)c1. The first-order chi connectivity index (χ1) is 7.44. The molecular weight excluding hydrogens is 221 g/mol. The second kappa shape index (κ2) is 4.98. The van der Waals surface area contributed by atoms with Crippen LogP contribution in [-0.4, -0.2) is 24.9 Å². The minimum Gasteiger partial charge on any atom is -0.346 e. The summed E-state index contributed by atoms with van der Waals surface area (Å²) in [6.07, 6.45) is 0. The van der Waals surface area contributed by atoms with Gasteiger partial charge in [0.2, 0.25) is 0 Å². The zero-order valence-corrected chi connectivity index (χ0v) is 8.34. The van der Waals surface area contributed by atoms with Crippen LogP contribution in [0.15, 0.2) is 24.3 Å². The van der Waals surface area contributed by atoms with Crippen molar-refractivity contribution < 1.29 is 18.0 Å². The Balaban J connectivity index is 2.60. The summed E-state index contributed by atoms with van der Waals surface area (Å²) in [5.41, 5.74) is 4.79. The smallest absolute Gasteiger partial charge is 0.277 e. The van der Waals surface area contributed by atoms with Crippen LogP contribution in [0.1, 0.15) is 10.4 Å². The second-order valence-corrected chi connectivity index (χ2v) is 3.25. The molecule has 0 saturated heterocycles. The monoisotopic (exact) mass is 232 g/mol. The predicted octanol–water partition coefficient (Wildman–Crippen LogP) is 1.15. The van der Waals surface area contributed by atoms with Crippen molar-refractivity contribution in [3.63, 3.8) is 0 Å². The van der Waals surface area contributed by atoms with Crippen LogP contribution in [-0.2, 0) is 0 Å². The van der Waals surface area contributed by atoms with Crippen LogP contribution in [0.25, 0.3) is 0 Å². The third-order valence-electron chi connectivity index (χ3n) is 1.89. The standard InChI is InChI=1S/C10H11F3N2O/c11-8-3-1-2-7(4-8)9(16)15-6-10(12,13)5-14/h1-4H,5-6,14H2,(H,15,16). The summed E-state index contributed by atoms with van der Waals surface area (Å²) in [5, 5.41) is 1.98. The van der Waals surface area contributed by atoms with Gasteiger partial charge in [-0.15, -0.1) is 0 Å². The van der Waals surface area contributed by atoms with E-state index in [0.29, 0.717) is 0 Å². The van der Waals surface area contributed by atoms with Gasteiger partial charge in [0.15, 0.2) is 0 Å². The minimum absolute atomic E-state index is 0.00665. The van der Waals surface area contributed by atoms with Gasteiger partial charge in [-0.1, -0.05) is 6.07 Å². The molecule has 0 unspecified atom stereocenters. The summed E-state index contributed by atoms with van der Waals surface area (Å²) in [7, 11) is 0. The molecule has 0 aromatic heterocycles. The Labute approximate surface area is 90.4 Å². The largest absolute Gasteiger partial charge is 0.346 e. The highest BCUT2D eigenvalue weighted by molar-refractivity contribution is 5.94. The number of amides is 1. The summed E-state index contributed by atoms with van der Waals surface area (Å²) in [4.78, 5) is 11.3. The fourth-order valence-corrected chi connectivity index (χ4v) is 1.01. The molecule has 1 amide bonds. The van der Waals surface area contributed by atoms with Crippen molar-refractivity contribution in [3.8, 4) is 0 Å². The van der Waals surface area contributed by atoms with Crippen LogP contribution in [0.4, 0.5) is 13.2 Å². The van der Waals surface area contributed by atoms with Gasteiger partial charge in [0.25, 0.3) is 11.8 Å². The Hall–Kier alpha value is -1.56. The molecular formula is C10H11F3N2O. The van der Waals surface area contributed by atoms with Gasteiger partial charge in [-0.25, -0.2) is 13.2 Å². The van der Waals surface area contributed by atoms with Crippen LogP contribution in [0, 0.1) is 5.82 Å². The van der Waals surface area contributed by atoms with Gasteiger partial charge < -0.3 is 11.1 Å². The number of halogens is 3. The van der Waals surface area contributed by atoms with E-state index in [2.05, 4.69) is 0 Å². The Morgan fingerprint density at radius 3 is 2.69 bits per heavy atom. The van der Waals surface area contributed by atoms with Crippen molar-refractivity contribution in [1.82, 2.24) is 5.32 Å². The second-order valence-electron chi connectivity index (χ2n) is 3.25. The highest BCUT2D eigenvalue weighted by Gasteiger charge is 2.27. The molecule has 0 radical (unpaired) electrons.